The maximum absolute atomic E-state index is 6.00. The van der Waals surface area contributed by atoms with Gasteiger partial charge in [-0.1, -0.05) is 18.2 Å². The molecule has 168 valence electrons. The van der Waals surface area contributed by atoms with Crippen LogP contribution in [0.4, 0.5) is 0 Å². The summed E-state index contributed by atoms with van der Waals surface area (Å²) in [6, 6.07) is 16.6. The Kier molecular flexibility index (Phi) is 5.80. The van der Waals surface area contributed by atoms with Crippen LogP contribution in [0, 0.1) is 0 Å². The number of hydrogen-bond donors (Lipinski definition) is 3. The minimum Gasteiger partial charge on any atom is -0.494 e. The molecule has 32 heavy (non-hydrogen) atoms. The summed E-state index contributed by atoms with van der Waals surface area (Å²) in [5.74, 6) is 1.70. The van der Waals surface area contributed by atoms with Crippen molar-refractivity contribution in [3.63, 3.8) is 0 Å². The molecule has 0 bridgehead atoms. The zero-order valence-corrected chi connectivity index (χ0v) is 19.4. The summed E-state index contributed by atoms with van der Waals surface area (Å²) >= 11 is 5.34. The average Bonchev–Trinajstić information content (AvgIpc) is 3.40. The number of H-pyrrole nitrogens is 1. The van der Waals surface area contributed by atoms with Crippen LogP contribution in [-0.2, 0) is 12.0 Å². The molecule has 1 aromatic heterocycles. The van der Waals surface area contributed by atoms with E-state index in [1.807, 2.05) is 50.5 Å². The van der Waals surface area contributed by atoms with Gasteiger partial charge in [-0.15, -0.1) is 0 Å². The second kappa shape index (κ2) is 8.73. The van der Waals surface area contributed by atoms with Crippen molar-refractivity contribution < 1.29 is 9.47 Å². The summed E-state index contributed by atoms with van der Waals surface area (Å²) in [6.07, 6.45) is 2.97. The van der Waals surface area contributed by atoms with E-state index < -0.39 is 0 Å². The smallest absolute Gasteiger partial charge is 0.264 e. The van der Waals surface area contributed by atoms with E-state index in [0.29, 0.717) is 17.8 Å². The number of fused-ring (bicyclic) bond motifs is 4. The Morgan fingerprint density at radius 2 is 2.00 bits per heavy atom. The van der Waals surface area contributed by atoms with Crippen LogP contribution < -0.4 is 20.1 Å². The zero-order valence-electron chi connectivity index (χ0n) is 18.6. The first-order valence-electron chi connectivity index (χ1n) is 11.2. The van der Waals surface area contributed by atoms with Crippen LogP contribution in [0.3, 0.4) is 0 Å². The van der Waals surface area contributed by atoms with E-state index in [0.717, 1.165) is 49.4 Å². The fraction of sp³-hybridized carbons (Fsp3) is 0.400. The van der Waals surface area contributed by atoms with Crippen molar-refractivity contribution in [3.8, 4) is 11.5 Å². The molecule has 0 aliphatic carbocycles. The van der Waals surface area contributed by atoms with Crippen LogP contribution in [-0.4, -0.2) is 54.9 Å². The topological polar surface area (TPSA) is 61.5 Å². The van der Waals surface area contributed by atoms with Crippen LogP contribution >= 0.6 is 12.2 Å². The lowest BCUT2D eigenvalue weighted by Crippen LogP contribution is -2.54. The highest BCUT2D eigenvalue weighted by atomic mass is 32.1. The average molecular weight is 451 g/mol. The van der Waals surface area contributed by atoms with Gasteiger partial charge in [-0.25, -0.2) is 0 Å². The van der Waals surface area contributed by atoms with Gasteiger partial charge in [0, 0.05) is 43.3 Å². The highest BCUT2D eigenvalue weighted by Gasteiger charge is 2.44. The largest absolute Gasteiger partial charge is 0.494 e. The first-order chi connectivity index (χ1) is 15.5. The van der Waals surface area contributed by atoms with Gasteiger partial charge in [0.2, 0.25) is 0 Å². The van der Waals surface area contributed by atoms with E-state index in [2.05, 4.69) is 27.8 Å². The number of nitrogens with one attached hydrogen (secondary N) is 3. The maximum atomic E-state index is 6.00. The molecule has 1 spiro atoms. The first kappa shape index (κ1) is 21.2. The Bertz CT molecular complexity index is 1110. The van der Waals surface area contributed by atoms with E-state index >= 15 is 0 Å². The number of para-hydroxylation sites is 1. The molecule has 6 nitrogen and oxygen atoms in total. The molecule has 2 aliphatic rings. The van der Waals surface area contributed by atoms with Crippen molar-refractivity contribution >= 4 is 28.3 Å². The predicted molar refractivity (Wildman–Crippen MR) is 132 cm³/mol. The lowest BCUT2D eigenvalue weighted by Gasteiger charge is -2.39. The number of rotatable bonds is 5. The molecule has 1 saturated heterocycles. The van der Waals surface area contributed by atoms with E-state index in [1.54, 1.807) is 4.90 Å². The number of aromatic amines is 1. The second-order valence-corrected chi connectivity index (χ2v) is 9.30. The molecule has 0 saturated carbocycles. The van der Waals surface area contributed by atoms with Gasteiger partial charge in [0.05, 0.1) is 12.1 Å². The predicted octanol–water partition coefficient (Wildman–Crippen LogP) is 3.57. The molecule has 2 aliphatic heterocycles. The molecule has 5 rings (SSSR count). The van der Waals surface area contributed by atoms with E-state index in [1.165, 1.54) is 16.6 Å². The molecule has 3 heterocycles. The van der Waals surface area contributed by atoms with Crippen LogP contribution in [0.25, 0.3) is 10.9 Å². The number of aromatic nitrogens is 1. The Labute approximate surface area is 194 Å². The highest BCUT2D eigenvalue weighted by molar-refractivity contribution is 7.80. The Morgan fingerprint density at radius 1 is 1.16 bits per heavy atom. The van der Waals surface area contributed by atoms with Crippen LogP contribution in [0.1, 0.15) is 24.1 Å². The molecule has 3 aromatic rings. The van der Waals surface area contributed by atoms with Crippen molar-refractivity contribution in [3.05, 3.63) is 59.8 Å². The van der Waals surface area contributed by atoms with Gasteiger partial charge in [0.25, 0.3) is 5.17 Å². The van der Waals surface area contributed by atoms with Crippen LogP contribution in [0.15, 0.2) is 48.5 Å². The fourth-order valence-electron chi connectivity index (χ4n) is 4.90. The molecular formula is C25H30N4O2S. The first-order valence-corrected chi connectivity index (χ1v) is 11.7. The molecule has 3 N–H and O–H groups in total. The second-order valence-electron chi connectivity index (χ2n) is 8.95. The van der Waals surface area contributed by atoms with Crippen molar-refractivity contribution in [2.24, 2.45) is 0 Å². The van der Waals surface area contributed by atoms with Crippen molar-refractivity contribution in [2.45, 2.75) is 30.8 Å². The van der Waals surface area contributed by atoms with E-state index in [9.17, 15) is 0 Å². The Morgan fingerprint density at radius 3 is 2.75 bits per heavy atom. The van der Waals surface area contributed by atoms with Crippen molar-refractivity contribution in [1.82, 2.24) is 20.5 Å². The van der Waals surface area contributed by atoms with Gasteiger partial charge in [0.15, 0.2) is 0 Å². The Balaban J connectivity index is 1.41. The summed E-state index contributed by atoms with van der Waals surface area (Å²) in [7, 11) is 3.79. The van der Waals surface area contributed by atoms with Gasteiger partial charge in [-0.05, 0) is 73.9 Å². The Hall–Kier alpha value is -2.61. The summed E-state index contributed by atoms with van der Waals surface area (Å²) in [6.45, 7) is 2.63. The molecule has 7 heteroatoms. The van der Waals surface area contributed by atoms with Crippen LogP contribution in [0.5, 0.6) is 11.5 Å². The van der Waals surface area contributed by atoms with Gasteiger partial charge in [-0.2, -0.15) is 0 Å². The third kappa shape index (κ3) is 4.08. The third-order valence-electron chi connectivity index (χ3n) is 6.49. The van der Waals surface area contributed by atoms with Gasteiger partial charge in [-0.3, -0.25) is 0 Å². The number of thiocarbonyl (C=S) groups is 1. The van der Waals surface area contributed by atoms with Gasteiger partial charge in [0.1, 0.15) is 11.5 Å². The molecule has 2 aromatic carbocycles. The summed E-state index contributed by atoms with van der Waals surface area (Å²) < 4.78 is 11.9. The summed E-state index contributed by atoms with van der Waals surface area (Å²) in [4.78, 5) is 5.53. The quantitative estimate of drug-likeness (QED) is 0.517. The lowest BCUT2D eigenvalue weighted by atomic mass is 9.82. The SMILES string of the molecule is CN(C)C(=S)Oc1ccc2[nH]c3c(c2c1)CC(CCOc1ccccc1)NC31CCNC1. The lowest BCUT2D eigenvalue weighted by molar-refractivity contribution is 0.231. The van der Waals surface area contributed by atoms with Crippen LogP contribution in [0.2, 0.25) is 0 Å². The molecule has 2 atom stereocenters. The monoisotopic (exact) mass is 450 g/mol. The minimum absolute atomic E-state index is 0.0655. The van der Waals surface area contributed by atoms with Gasteiger partial charge >= 0.3 is 0 Å². The number of nitrogens with zero attached hydrogens (tertiary/aromatic N) is 1. The molecule has 1 fully saturated rings. The van der Waals surface area contributed by atoms with Gasteiger partial charge < -0.3 is 30.0 Å². The standard InChI is InChI=1S/C25H30N4O2S/c1-29(2)24(32)31-19-8-9-22-20(15-19)21-14-17(10-13-30-18-6-4-3-5-7-18)28-25(23(21)27-22)11-12-26-16-25/h3-9,15,17,26-28H,10-14,16H2,1-2H3. The van der Waals surface area contributed by atoms with E-state index in [-0.39, 0.29) is 5.54 Å². The summed E-state index contributed by atoms with van der Waals surface area (Å²) in [5, 5.41) is 9.20. The summed E-state index contributed by atoms with van der Waals surface area (Å²) in [5.41, 5.74) is 3.77. The minimum atomic E-state index is -0.0655. The van der Waals surface area contributed by atoms with E-state index in [4.69, 9.17) is 21.7 Å². The zero-order chi connectivity index (χ0) is 22.1. The number of ether oxygens (including phenoxy) is 2. The molecule has 2 unspecified atom stereocenters. The van der Waals surface area contributed by atoms with Crippen molar-refractivity contribution in [2.75, 3.05) is 33.8 Å². The fourth-order valence-corrected chi connectivity index (χ4v) is 5.00. The molecule has 0 amide bonds. The normalized spacial score (nSPS) is 22.1. The third-order valence-corrected chi connectivity index (χ3v) is 6.94. The number of benzene rings is 2. The maximum Gasteiger partial charge on any atom is 0.264 e. The molecule has 0 radical (unpaired) electrons. The highest BCUT2D eigenvalue weighted by Crippen LogP contribution is 2.40. The molecular weight excluding hydrogens is 420 g/mol. The number of hydrogen-bond acceptors (Lipinski definition) is 5. The van der Waals surface area contributed by atoms with Crippen molar-refractivity contribution in [1.29, 1.82) is 0 Å².